The fourth-order valence-electron chi connectivity index (χ4n) is 2.27. The number of hydrogen-bond donors (Lipinski definition) is 1. The average molecular weight is 232 g/mol. The van der Waals surface area contributed by atoms with E-state index in [1.54, 1.807) is 0 Å². The SMILES string of the molecule is CN(CCNCCc1ccccc1)C1CCC1. The van der Waals surface area contributed by atoms with Gasteiger partial charge in [-0.2, -0.15) is 0 Å². The van der Waals surface area contributed by atoms with E-state index < -0.39 is 0 Å². The summed E-state index contributed by atoms with van der Waals surface area (Å²) in [5, 5.41) is 3.53. The zero-order valence-corrected chi connectivity index (χ0v) is 10.9. The van der Waals surface area contributed by atoms with Crippen LogP contribution in [0.3, 0.4) is 0 Å². The van der Waals surface area contributed by atoms with Crippen molar-refractivity contribution in [1.29, 1.82) is 0 Å². The smallest absolute Gasteiger partial charge is 0.0107 e. The molecule has 1 aromatic carbocycles. The van der Waals surface area contributed by atoms with Gasteiger partial charge in [0, 0.05) is 19.1 Å². The number of likely N-dealkylation sites (N-methyl/N-ethyl adjacent to an activating group) is 1. The second-order valence-corrected chi connectivity index (χ2v) is 5.05. The normalized spacial score (nSPS) is 16.1. The third kappa shape index (κ3) is 4.14. The molecule has 0 atom stereocenters. The zero-order valence-electron chi connectivity index (χ0n) is 10.9. The molecule has 0 aromatic heterocycles. The minimum absolute atomic E-state index is 0.867. The van der Waals surface area contributed by atoms with Gasteiger partial charge in [-0.25, -0.2) is 0 Å². The van der Waals surface area contributed by atoms with Crippen molar-refractivity contribution in [2.24, 2.45) is 0 Å². The van der Waals surface area contributed by atoms with Crippen LogP contribution in [0.1, 0.15) is 24.8 Å². The number of nitrogens with zero attached hydrogens (tertiary/aromatic N) is 1. The number of nitrogens with one attached hydrogen (secondary N) is 1. The van der Waals surface area contributed by atoms with Gasteiger partial charge < -0.3 is 10.2 Å². The van der Waals surface area contributed by atoms with Crippen molar-refractivity contribution in [3.05, 3.63) is 35.9 Å². The lowest BCUT2D eigenvalue weighted by molar-refractivity contribution is 0.160. The van der Waals surface area contributed by atoms with E-state index in [0.717, 1.165) is 25.6 Å². The summed E-state index contributed by atoms with van der Waals surface area (Å²) in [6, 6.07) is 11.6. The average Bonchev–Trinajstić information content (AvgIpc) is 2.27. The number of rotatable bonds is 7. The Morgan fingerprint density at radius 2 is 1.94 bits per heavy atom. The van der Waals surface area contributed by atoms with Crippen LogP contribution in [0, 0.1) is 0 Å². The first kappa shape index (κ1) is 12.6. The maximum Gasteiger partial charge on any atom is 0.0107 e. The van der Waals surface area contributed by atoms with Crippen LogP contribution in [0.5, 0.6) is 0 Å². The fourth-order valence-corrected chi connectivity index (χ4v) is 2.27. The van der Waals surface area contributed by atoms with E-state index >= 15 is 0 Å². The molecule has 1 N–H and O–H groups in total. The molecule has 1 fully saturated rings. The summed E-state index contributed by atoms with van der Waals surface area (Å²) in [5.74, 6) is 0. The van der Waals surface area contributed by atoms with Gasteiger partial charge in [-0.05, 0) is 38.4 Å². The van der Waals surface area contributed by atoms with Crippen molar-refractivity contribution in [1.82, 2.24) is 10.2 Å². The van der Waals surface area contributed by atoms with E-state index in [4.69, 9.17) is 0 Å². The van der Waals surface area contributed by atoms with E-state index in [-0.39, 0.29) is 0 Å². The molecule has 0 amide bonds. The van der Waals surface area contributed by atoms with Crippen molar-refractivity contribution in [2.45, 2.75) is 31.7 Å². The van der Waals surface area contributed by atoms with E-state index in [2.05, 4.69) is 47.6 Å². The summed E-state index contributed by atoms with van der Waals surface area (Å²) in [7, 11) is 2.25. The molecular weight excluding hydrogens is 208 g/mol. The lowest BCUT2D eigenvalue weighted by atomic mass is 9.92. The maximum atomic E-state index is 3.53. The third-order valence-electron chi connectivity index (χ3n) is 3.77. The molecule has 0 bridgehead atoms. The van der Waals surface area contributed by atoms with Crippen LogP contribution >= 0.6 is 0 Å². The molecule has 1 saturated carbocycles. The lowest BCUT2D eigenvalue weighted by Crippen LogP contribution is -2.41. The Morgan fingerprint density at radius 3 is 2.59 bits per heavy atom. The zero-order chi connectivity index (χ0) is 11.9. The summed E-state index contributed by atoms with van der Waals surface area (Å²) < 4.78 is 0. The van der Waals surface area contributed by atoms with Gasteiger partial charge in [0.2, 0.25) is 0 Å². The van der Waals surface area contributed by atoms with Crippen LogP contribution < -0.4 is 5.32 Å². The molecule has 0 radical (unpaired) electrons. The van der Waals surface area contributed by atoms with Gasteiger partial charge in [0.15, 0.2) is 0 Å². The Labute approximate surface area is 105 Å². The minimum atomic E-state index is 0.867. The quantitative estimate of drug-likeness (QED) is 0.726. The van der Waals surface area contributed by atoms with Crippen LogP contribution in [0.25, 0.3) is 0 Å². The molecule has 1 aliphatic carbocycles. The van der Waals surface area contributed by atoms with Crippen molar-refractivity contribution in [3.8, 4) is 0 Å². The molecule has 1 aromatic rings. The summed E-state index contributed by atoms with van der Waals surface area (Å²) >= 11 is 0. The molecule has 0 heterocycles. The summed E-state index contributed by atoms with van der Waals surface area (Å²) in [6.45, 7) is 3.38. The van der Waals surface area contributed by atoms with Crippen molar-refractivity contribution in [3.63, 3.8) is 0 Å². The monoisotopic (exact) mass is 232 g/mol. The highest BCUT2D eigenvalue weighted by molar-refractivity contribution is 5.14. The first-order chi connectivity index (χ1) is 8.36. The Morgan fingerprint density at radius 1 is 1.18 bits per heavy atom. The van der Waals surface area contributed by atoms with Crippen LogP contribution in [-0.4, -0.2) is 37.6 Å². The number of benzene rings is 1. The maximum absolute atomic E-state index is 3.53. The van der Waals surface area contributed by atoms with E-state index in [0.29, 0.717) is 0 Å². The third-order valence-corrected chi connectivity index (χ3v) is 3.77. The van der Waals surface area contributed by atoms with Gasteiger partial charge in [0.1, 0.15) is 0 Å². The molecule has 17 heavy (non-hydrogen) atoms. The Kier molecular flexibility index (Phi) is 5.02. The molecule has 94 valence electrons. The van der Waals surface area contributed by atoms with Crippen LogP contribution in [0.4, 0.5) is 0 Å². The molecule has 2 nitrogen and oxygen atoms in total. The molecule has 1 aliphatic rings. The van der Waals surface area contributed by atoms with Crippen molar-refractivity contribution >= 4 is 0 Å². The Bertz CT molecular complexity index is 306. The molecule has 2 heteroatoms. The largest absolute Gasteiger partial charge is 0.315 e. The topological polar surface area (TPSA) is 15.3 Å². The number of hydrogen-bond acceptors (Lipinski definition) is 2. The Balaban J connectivity index is 1.51. The van der Waals surface area contributed by atoms with Gasteiger partial charge in [0.25, 0.3) is 0 Å². The minimum Gasteiger partial charge on any atom is -0.315 e. The van der Waals surface area contributed by atoms with Gasteiger partial charge >= 0.3 is 0 Å². The van der Waals surface area contributed by atoms with Crippen molar-refractivity contribution < 1.29 is 0 Å². The van der Waals surface area contributed by atoms with Crippen LogP contribution in [-0.2, 0) is 6.42 Å². The summed E-state index contributed by atoms with van der Waals surface area (Å²) in [5.41, 5.74) is 1.42. The highest BCUT2D eigenvalue weighted by Gasteiger charge is 2.20. The van der Waals surface area contributed by atoms with E-state index in [1.165, 1.54) is 31.4 Å². The predicted molar refractivity (Wildman–Crippen MR) is 73.3 cm³/mol. The highest BCUT2D eigenvalue weighted by Crippen LogP contribution is 2.22. The fraction of sp³-hybridized carbons (Fsp3) is 0.600. The standard InChI is InChI=1S/C15H24N2/c1-17(15-8-5-9-15)13-12-16-11-10-14-6-3-2-4-7-14/h2-4,6-7,15-16H,5,8-13H2,1H3. The van der Waals surface area contributed by atoms with Crippen molar-refractivity contribution in [2.75, 3.05) is 26.7 Å². The second-order valence-electron chi connectivity index (χ2n) is 5.05. The van der Waals surface area contributed by atoms with Crippen LogP contribution in [0.15, 0.2) is 30.3 Å². The lowest BCUT2D eigenvalue weighted by Gasteiger charge is -2.34. The van der Waals surface area contributed by atoms with E-state index in [1.807, 2.05) is 0 Å². The Hall–Kier alpha value is -0.860. The summed E-state index contributed by atoms with van der Waals surface area (Å²) in [4.78, 5) is 2.50. The molecule has 0 unspecified atom stereocenters. The summed E-state index contributed by atoms with van der Waals surface area (Å²) in [6.07, 6.45) is 5.37. The van der Waals surface area contributed by atoms with Gasteiger partial charge in [-0.15, -0.1) is 0 Å². The van der Waals surface area contributed by atoms with Crippen LogP contribution in [0.2, 0.25) is 0 Å². The first-order valence-corrected chi connectivity index (χ1v) is 6.81. The molecule has 0 saturated heterocycles. The first-order valence-electron chi connectivity index (χ1n) is 6.81. The van der Waals surface area contributed by atoms with Gasteiger partial charge in [-0.3, -0.25) is 0 Å². The molecule has 0 spiro atoms. The molecular formula is C15H24N2. The molecule has 0 aliphatic heterocycles. The van der Waals surface area contributed by atoms with Gasteiger partial charge in [0.05, 0.1) is 0 Å². The second kappa shape index (κ2) is 6.77. The van der Waals surface area contributed by atoms with E-state index in [9.17, 15) is 0 Å². The predicted octanol–water partition coefficient (Wildman–Crippen LogP) is 2.30. The molecule has 2 rings (SSSR count). The highest BCUT2D eigenvalue weighted by atomic mass is 15.1. The van der Waals surface area contributed by atoms with Gasteiger partial charge in [-0.1, -0.05) is 36.8 Å².